The van der Waals surface area contributed by atoms with E-state index in [1.54, 1.807) is 0 Å². The summed E-state index contributed by atoms with van der Waals surface area (Å²) in [5.74, 6) is 2.40. The Kier molecular flexibility index (Phi) is 8.26. The molecule has 1 fully saturated rings. The van der Waals surface area contributed by atoms with Crippen molar-refractivity contribution in [1.29, 1.82) is 0 Å². The van der Waals surface area contributed by atoms with Crippen molar-refractivity contribution in [2.45, 2.75) is 85.1 Å². The average Bonchev–Trinajstić information content (AvgIpc) is 2.61. The summed E-state index contributed by atoms with van der Waals surface area (Å²) in [5, 5.41) is 0. The summed E-state index contributed by atoms with van der Waals surface area (Å²) >= 11 is 0. The zero-order valence-corrected chi connectivity index (χ0v) is 15.3. The van der Waals surface area contributed by atoms with Crippen molar-refractivity contribution in [3.63, 3.8) is 0 Å². The summed E-state index contributed by atoms with van der Waals surface area (Å²) in [6, 6.07) is 0. The fourth-order valence-electron chi connectivity index (χ4n) is 4.15. The van der Waals surface area contributed by atoms with Crippen LogP contribution in [0.1, 0.15) is 79.6 Å². The highest BCUT2D eigenvalue weighted by Crippen LogP contribution is 2.36. The third kappa shape index (κ3) is 5.90. The molecule has 0 aliphatic heterocycles. The molecule has 1 rings (SSSR count). The fraction of sp³-hybridized carbons (Fsp3) is 1.00. The maximum absolute atomic E-state index is 6.34. The first kappa shape index (κ1) is 19.0. The monoisotopic (exact) mass is 296 g/mol. The van der Waals surface area contributed by atoms with Crippen molar-refractivity contribution in [1.82, 2.24) is 4.90 Å². The average molecular weight is 297 g/mol. The standard InChI is InChI=1S/C19H40N2/c1-6-8-18-9-7-11-19(15-20,12-10-18)21(13-16(2)3)14-17(4)5/h16-18H,6-15,20H2,1-5H3. The van der Waals surface area contributed by atoms with Crippen LogP contribution in [0.4, 0.5) is 0 Å². The molecule has 0 radical (unpaired) electrons. The Morgan fingerprint density at radius 2 is 1.67 bits per heavy atom. The topological polar surface area (TPSA) is 29.3 Å². The van der Waals surface area contributed by atoms with Gasteiger partial charge in [0, 0.05) is 25.2 Å². The lowest BCUT2D eigenvalue weighted by atomic mass is 9.85. The molecule has 2 atom stereocenters. The van der Waals surface area contributed by atoms with Gasteiger partial charge in [0.05, 0.1) is 0 Å². The Labute approximate surface area is 133 Å². The van der Waals surface area contributed by atoms with Crippen LogP contribution in [-0.2, 0) is 0 Å². The van der Waals surface area contributed by atoms with E-state index in [1.807, 2.05) is 0 Å². The minimum atomic E-state index is 0.275. The molecular weight excluding hydrogens is 256 g/mol. The van der Waals surface area contributed by atoms with Crippen LogP contribution in [0.2, 0.25) is 0 Å². The second-order valence-corrected chi connectivity index (χ2v) is 8.21. The first-order valence-electron chi connectivity index (χ1n) is 9.38. The van der Waals surface area contributed by atoms with Crippen LogP contribution < -0.4 is 5.73 Å². The second kappa shape index (κ2) is 9.15. The quantitative estimate of drug-likeness (QED) is 0.659. The van der Waals surface area contributed by atoms with Gasteiger partial charge in [0.25, 0.3) is 0 Å². The van der Waals surface area contributed by atoms with Gasteiger partial charge in [-0.25, -0.2) is 0 Å². The summed E-state index contributed by atoms with van der Waals surface area (Å²) in [5.41, 5.74) is 6.61. The van der Waals surface area contributed by atoms with E-state index in [-0.39, 0.29) is 5.54 Å². The summed E-state index contributed by atoms with van der Waals surface area (Å²) in [6.07, 6.45) is 9.55. The van der Waals surface area contributed by atoms with Gasteiger partial charge in [-0.15, -0.1) is 0 Å². The van der Waals surface area contributed by atoms with Gasteiger partial charge >= 0.3 is 0 Å². The summed E-state index contributed by atoms with van der Waals surface area (Å²) < 4.78 is 0. The summed E-state index contributed by atoms with van der Waals surface area (Å²) in [6.45, 7) is 14.9. The smallest absolute Gasteiger partial charge is 0.0332 e. The lowest BCUT2D eigenvalue weighted by molar-refractivity contribution is 0.0534. The molecule has 0 aromatic rings. The number of nitrogens with zero attached hydrogens (tertiary/aromatic N) is 1. The molecule has 0 bridgehead atoms. The van der Waals surface area contributed by atoms with Crippen LogP contribution in [0, 0.1) is 17.8 Å². The van der Waals surface area contributed by atoms with Crippen molar-refractivity contribution >= 4 is 0 Å². The lowest BCUT2D eigenvalue weighted by Gasteiger charge is -2.45. The van der Waals surface area contributed by atoms with E-state index in [9.17, 15) is 0 Å². The molecule has 2 heteroatoms. The first-order chi connectivity index (χ1) is 9.93. The minimum Gasteiger partial charge on any atom is -0.329 e. The third-order valence-corrected chi connectivity index (χ3v) is 5.19. The predicted octanol–water partition coefficient (Wildman–Crippen LogP) is 4.68. The maximum Gasteiger partial charge on any atom is 0.0332 e. The Hall–Kier alpha value is -0.0800. The molecular formula is C19H40N2. The fourth-order valence-corrected chi connectivity index (χ4v) is 4.15. The van der Waals surface area contributed by atoms with Gasteiger partial charge in [-0.1, -0.05) is 60.3 Å². The van der Waals surface area contributed by atoms with E-state index < -0.39 is 0 Å². The Bertz CT molecular complexity index is 265. The Morgan fingerprint density at radius 3 is 2.14 bits per heavy atom. The molecule has 1 aliphatic rings. The molecule has 2 N–H and O–H groups in total. The predicted molar refractivity (Wildman–Crippen MR) is 94.5 cm³/mol. The molecule has 0 aromatic heterocycles. The molecule has 0 saturated heterocycles. The highest BCUT2D eigenvalue weighted by Gasteiger charge is 2.37. The van der Waals surface area contributed by atoms with Crippen LogP contribution in [0.15, 0.2) is 0 Å². The summed E-state index contributed by atoms with van der Waals surface area (Å²) in [4.78, 5) is 2.76. The van der Waals surface area contributed by atoms with Gasteiger partial charge in [0.15, 0.2) is 0 Å². The lowest BCUT2D eigenvalue weighted by Crippen LogP contribution is -2.55. The molecule has 0 aromatic carbocycles. The van der Waals surface area contributed by atoms with Gasteiger partial charge in [0.1, 0.15) is 0 Å². The van der Waals surface area contributed by atoms with E-state index >= 15 is 0 Å². The molecule has 1 saturated carbocycles. The highest BCUT2D eigenvalue weighted by molar-refractivity contribution is 4.95. The Balaban J connectivity index is 2.82. The van der Waals surface area contributed by atoms with Crippen molar-refractivity contribution < 1.29 is 0 Å². The molecule has 1 aliphatic carbocycles. The molecule has 2 unspecified atom stereocenters. The third-order valence-electron chi connectivity index (χ3n) is 5.19. The zero-order chi connectivity index (χ0) is 15.9. The van der Waals surface area contributed by atoms with E-state index in [0.29, 0.717) is 0 Å². The van der Waals surface area contributed by atoms with Crippen LogP contribution in [0.5, 0.6) is 0 Å². The van der Waals surface area contributed by atoms with Gasteiger partial charge < -0.3 is 5.73 Å². The van der Waals surface area contributed by atoms with Crippen LogP contribution in [-0.4, -0.2) is 30.1 Å². The minimum absolute atomic E-state index is 0.275. The number of nitrogens with two attached hydrogens (primary N) is 1. The molecule has 126 valence electrons. The van der Waals surface area contributed by atoms with Crippen molar-refractivity contribution in [3.8, 4) is 0 Å². The van der Waals surface area contributed by atoms with Gasteiger partial charge in [0.2, 0.25) is 0 Å². The number of hydrogen-bond donors (Lipinski definition) is 1. The van der Waals surface area contributed by atoms with Crippen molar-refractivity contribution in [2.24, 2.45) is 23.5 Å². The maximum atomic E-state index is 6.34. The molecule has 0 spiro atoms. The highest BCUT2D eigenvalue weighted by atomic mass is 15.2. The first-order valence-corrected chi connectivity index (χ1v) is 9.38. The van der Waals surface area contributed by atoms with Gasteiger partial charge in [-0.3, -0.25) is 4.90 Å². The zero-order valence-electron chi connectivity index (χ0n) is 15.3. The van der Waals surface area contributed by atoms with Crippen LogP contribution >= 0.6 is 0 Å². The van der Waals surface area contributed by atoms with Crippen molar-refractivity contribution in [3.05, 3.63) is 0 Å². The van der Waals surface area contributed by atoms with Gasteiger partial charge in [-0.2, -0.15) is 0 Å². The Morgan fingerprint density at radius 1 is 1.05 bits per heavy atom. The molecule has 21 heavy (non-hydrogen) atoms. The second-order valence-electron chi connectivity index (χ2n) is 8.21. The SMILES string of the molecule is CCCC1CCCC(CN)(N(CC(C)C)CC(C)C)CC1. The number of rotatable bonds is 8. The van der Waals surface area contributed by atoms with E-state index in [4.69, 9.17) is 5.73 Å². The van der Waals surface area contributed by atoms with Crippen LogP contribution in [0.3, 0.4) is 0 Å². The van der Waals surface area contributed by atoms with E-state index in [2.05, 4.69) is 39.5 Å². The van der Waals surface area contributed by atoms with Gasteiger partial charge in [-0.05, 0) is 37.0 Å². The van der Waals surface area contributed by atoms with Crippen LogP contribution in [0.25, 0.3) is 0 Å². The largest absolute Gasteiger partial charge is 0.329 e. The summed E-state index contributed by atoms with van der Waals surface area (Å²) in [7, 11) is 0. The normalized spacial score (nSPS) is 27.6. The molecule has 0 amide bonds. The van der Waals surface area contributed by atoms with E-state index in [1.165, 1.54) is 58.0 Å². The molecule has 0 heterocycles. The van der Waals surface area contributed by atoms with E-state index in [0.717, 1.165) is 24.3 Å². The molecule has 2 nitrogen and oxygen atoms in total. The number of hydrogen-bond acceptors (Lipinski definition) is 2. The van der Waals surface area contributed by atoms with Crippen molar-refractivity contribution in [2.75, 3.05) is 19.6 Å².